The van der Waals surface area contributed by atoms with Crippen LogP contribution in [-0.2, 0) is 28.6 Å². The number of carbonyl (C=O) groups is 3. The average Bonchev–Trinajstić information content (AvgIpc) is 2.88. The zero-order valence-corrected chi connectivity index (χ0v) is 15.6. The Morgan fingerprint density at radius 1 is 1.23 bits per heavy atom. The smallest absolute Gasteiger partial charge is 0.334 e. The second kappa shape index (κ2) is 6.37. The minimum Gasteiger partial charge on any atom is -0.462 e. The Balaban J connectivity index is 2.10. The van der Waals surface area contributed by atoms with Crippen molar-refractivity contribution in [1.29, 1.82) is 0 Å². The van der Waals surface area contributed by atoms with Gasteiger partial charge in [-0.25, -0.2) is 4.79 Å². The van der Waals surface area contributed by atoms with Crippen LogP contribution in [0.25, 0.3) is 0 Å². The summed E-state index contributed by atoms with van der Waals surface area (Å²) in [6.45, 7) is 10.3. The number of ether oxygens (including phenoxy) is 3. The molecule has 8 atom stereocenters. The Bertz CT molecular complexity index is 656. The van der Waals surface area contributed by atoms with Crippen LogP contribution in [0.3, 0.4) is 0 Å². The molecular formula is C19H26O7. The van der Waals surface area contributed by atoms with E-state index in [1.54, 1.807) is 0 Å². The summed E-state index contributed by atoms with van der Waals surface area (Å²) in [5, 5.41) is 10.9. The molecule has 7 heteroatoms. The summed E-state index contributed by atoms with van der Waals surface area (Å²) in [6, 6.07) is 0. The summed E-state index contributed by atoms with van der Waals surface area (Å²) in [7, 11) is 0. The molecule has 1 heterocycles. The molecule has 0 aromatic heterocycles. The van der Waals surface area contributed by atoms with E-state index in [1.165, 1.54) is 13.8 Å². The van der Waals surface area contributed by atoms with Gasteiger partial charge in [0.2, 0.25) is 0 Å². The van der Waals surface area contributed by atoms with E-state index in [9.17, 15) is 19.5 Å². The molecule has 3 aliphatic rings. The Hall–Kier alpha value is -1.89. The van der Waals surface area contributed by atoms with Gasteiger partial charge in [-0.15, -0.1) is 0 Å². The third-order valence-electron chi connectivity index (χ3n) is 6.38. The third kappa shape index (κ3) is 2.73. The summed E-state index contributed by atoms with van der Waals surface area (Å²) in [5.41, 5.74) is -0.625. The molecule has 2 aliphatic carbocycles. The summed E-state index contributed by atoms with van der Waals surface area (Å²) in [4.78, 5) is 35.5. The monoisotopic (exact) mass is 366 g/mol. The van der Waals surface area contributed by atoms with E-state index in [2.05, 4.69) is 6.58 Å². The van der Waals surface area contributed by atoms with Gasteiger partial charge in [0, 0.05) is 37.2 Å². The number of carbonyl (C=O) groups excluding carboxylic acids is 3. The third-order valence-corrected chi connectivity index (χ3v) is 6.38. The lowest BCUT2D eigenvalue weighted by molar-refractivity contribution is -0.170. The van der Waals surface area contributed by atoms with Gasteiger partial charge in [0.05, 0.1) is 12.0 Å². The second-order valence-corrected chi connectivity index (χ2v) is 8.03. The summed E-state index contributed by atoms with van der Waals surface area (Å²) in [6.07, 6.45) is -1.80. The van der Waals surface area contributed by atoms with Crippen molar-refractivity contribution in [1.82, 2.24) is 0 Å². The lowest BCUT2D eigenvalue weighted by Gasteiger charge is -2.43. The van der Waals surface area contributed by atoms with Crippen LogP contribution in [0.1, 0.15) is 40.5 Å². The second-order valence-electron chi connectivity index (χ2n) is 8.03. The number of aliphatic hydroxyl groups excluding tert-OH is 1. The number of hydrogen-bond acceptors (Lipinski definition) is 7. The van der Waals surface area contributed by atoms with Crippen LogP contribution in [0.2, 0.25) is 0 Å². The highest BCUT2D eigenvalue weighted by molar-refractivity contribution is 5.91. The molecule has 3 rings (SSSR count). The van der Waals surface area contributed by atoms with Gasteiger partial charge in [-0.2, -0.15) is 0 Å². The molecule has 26 heavy (non-hydrogen) atoms. The van der Waals surface area contributed by atoms with Crippen molar-refractivity contribution in [2.24, 2.45) is 23.2 Å². The summed E-state index contributed by atoms with van der Waals surface area (Å²) < 4.78 is 16.6. The van der Waals surface area contributed by atoms with Gasteiger partial charge in [0.25, 0.3) is 0 Å². The van der Waals surface area contributed by atoms with Crippen LogP contribution < -0.4 is 0 Å². The number of fused-ring (bicyclic) bond motifs is 2. The molecule has 7 nitrogen and oxygen atoms in total. The fourth-order valence-electron chi connectivity index (χ4n) is 5.44. The first-order chi connectivity index (χ1) is 12.1. The Labute approximate surface area is 152 Å². The predicted octanol–water partition coefficient (Wildman–Crippen LogP) is 1.37. The molecule has 0 radical (unpaired) electrons. The largest absolute Gasteiger partial charge is 0.462 e. The summed E-state index contributed by atoms with van der Waals surface area (Å²) in [5.74, 6) is -2.18. The Morgan fingerprint density at radius 2 is 1.85 bits per heavy atom. The van der Waals surface area contributed by atoms with E-state index >= 15 is 0 Å². The molecule has 0 unspecified atom stereocenters. The maximum Gasteiger partial charge on any atom is 0.334 e. The summed E-state index contributed by atoms with van der Waals surface area (Å²) >= 11 is 0. The fourth-order valence-corrected chi connectivity index (χ4v) is 5.44. The van der Waals surface area contributed by atoms with E-state index < -0.39 is 53.7 Å². The molecule has 0 bridgehead atoms. The first-order valence-electron chi connectivity index (χ1n) is 8.99. The number of esters is 3. The minimum absolute atomic E-state index is 0.0201. The van der Waals surface area contributed by atoms with E-state index in [1.807, 2.05) is 13.8 Å². The fraction of sp³-hybridized carbons (Fsp3) is 0.737. The van der Waals surface area contributed by atoms with Crippen LogP contribution in [0.5, 0.6) is 0 Å². The molecule has 1 saturated heterocycles. The maximum absolute atomic E-state index is 12.1. The van der Waals surface area contributed by atoms with Crippen LogP contribution in [0, 0.1) is 23.2 Å². The average molecular weight is 366 g/mol. The SMILES string of the molecule is C=C1C(=O)O[C@H]2C[C@@H](C)[C@@H]3[C@@H](OC(C)=O)C[C@@H](O)[C@@]3(C)[C@@H](OC(C)=O)[C@H]12. The highest BCUT2D eigenvalue weighted by atomic mass is 16.6. The predicted molar refractivity (Wildman–Crippen MR) is 89.6 cm³/mol. The normalized spacial score (nSPS) is 44.6. The van der Waals surface area contributed by atoms with Crippen LogP contribution in [0.4, 0.5) is 0 Å². The first kappa shape index (κ1) is 18.9. The van der Waals surface area contributed by atoms with Gasteiger partial charge in [0.1, 0.15) is 18.3 Å². The van der Waals surface area contributed by atoms with Crippen LogP contribution in [0.15, 0.2) is 12.2 Å². The van der Waals surface area contributed by atoms with Crippen molar-refractivity contribution < 1.29 is 33.7 Å². The van der Waals surface area contributed by atoms with E-state index in [-0.39, 0.29) is 23.8 Å². The Morgan fingerprint density at radius 3 is 2.42 bits per heavy atom. The highest BCUT2D eigenvalue weighted by Crippen LogP contribution is 2.58. The zero-order chi connectivity index (χ0) is 19.4. The van der Waals surface area contributed by atoms with E-state index in [4.69, 9.17) is 14.2 Å². The van der Waals surface area contributed by atoms with Gasteiger partial charge in [-0.05, 0) is 12.3 Å². The molecule has 0 spiro atoms. The molecule has 2 saturated carbocycles. The van der Waals surface area contributed by atoms with E-state index in [0.717, 1.165) is 0 Å². The molecule has 3 fully saturated rings. The number of rotatable bonds is 2. The Kier molecular flexibility index (Phi) is 4.63. The standard InChI is InChI=1S/C19H26O7/c1-8-6-12-15(9(2)18(23)26-12)17(25-11(4)21)19(5)14(22)7-13(16(8)19)24-10(3)20/h8,12-17,22H,2,6-7H2,1,3-5H3/t8-,12+,13+,14-,15-,16-,17+,19-/m1/s1. The number of hydrogen-bond donors (Lipinski definition) is 1. The molecule has 0 aromatic carbocycles. The molecule has 1 N–H and O–H groups in total. The van der Waals surface area contributed by atoms with Crippen LogP contribution in [-0.4, -0.2) is 47.4 Å². The van der Waals surface area contributed by atoms with Crippen molar-refractivity contribution in [3.63, 3.8) is 0 Å². The van der Waals surface area contributed by atoms with E-state index in [0.29, 0.717) is 6.42 Å². The van der Waals surface area contributed by atoms with Gasteiger partial charge in [0.15, 0.2) is 0 Å². The highest BCUT2D eigenvalue weighted by Gasteiger charge is 2.66. The quantitative estimate of drug-likeness (QED) is 0.448. The first-order valence-corrected chi connectivity index (χ1v) is 8.99. The van der Waals surface area contributed by atoms with Crippen molar-refractivity contribution in [3.05, 3.63) is 12.2 Å². The van der Waals surface area contributed by atoms with Gasteiger partial charge >= 0.3 is 17.9 Å². The maximum atomic E-state index is 12.1. The minimum atomic E-state index is -0.887. The van der Waals surface area contributed by atoms with Gasteiger partial charge < -0.3 is 19.3 Å². The lowest BCUT2D eigenvalue weighted by atomic mass is 9.66. The molecule has 0 aromatic rings. The van der Waals surface area contributed by atoms with Gasteiger partial charge in [-0.3, -0.25) is 9.59 Å². The molecular weight excluding hydrogens is 340 g/mol. The van der Waals surface area contributed by atoms with Crippen molar-refractivity contribution in [2.45, 2.75) is 65.0 Å². The van der Waals surface area contributed by atoms with Crippen LogP contribution >= 0.6 is 0 Å². The van der Waals surface area contributed by atoms with Crippen molar-refractivity contribution in [3.8, 4) is 0 Å². The number of aliphatic hydroxyl groups is 1. The topological polar surface area (TPSA) is 99.1 Å². The lowest BCUT2D eigenvalue weighted by Crippen LogP contribution is -2.51. The molecule has 1 aliphatic heterocycles. The van der Waals surface area contributed by atoms with Crippen molar-refractivity contribution >= 4 is 17.9 Å². The van der Waals surface area contributed by atoms with Crippen molar-refractivity contribution in [2.75, 3.05) is 0 Å². The zero-order valence-electron chi connectivity index (χ0n) is 15.6. The van der Waals surface area contributed by atoms with Gasteiger partial charge in [-0.1, -0.05) is 20.4 Å². The molecule has 144 valence electrons. The molecule has 0 amide bonds.